The second-order valence-corrected chi connectivity index (χ2v) is 5.81. The highest BCUT2D eigenvalue weighted by Gasteiger charge is 2.11. The van der Waals surface area contributed by atoms with Crippen LogP contribution in [0.2, 0.25) is 0 Å². The third-order valence-electron chi connectivity index (χ3n) is 4.03. The molecule has 0 atom stereocenters. The van der Waals surface area contributed by atoms with Crippen LogP contribution in [0.1, 0.15) is 10.4 Å². The standard InChI is InChI=1S/C19H13N5O3/c25-19(13-1-4-15(5-2-13)24(26)27)21-14-3-6-16-17(11-14)23-18(22-16)12-7-9-20-10-8-12/h1-11H,(H,21,25)(H,22,23). The monoisotopic (exact) mass is 359 g/mol. The Morgan fingerprint density at radius 3 is 2.48 bits per heavy atom. The van der Waals surface area contributed by atoms with Gasteiger partial charge < -0.3 is 10.3 Å². The van der Waals surface area contributed by atoms with Crippen molar-refractivity contribution in [3.8, 4) is 11.4 Å². The third kappa shape index (κ3) is 3.36. The molecule has 132 valence electrons. The summed E-state index contributed by atoms with van der Waals surface area (Å²) in [6.45, 7) is 0. The summed E-state index contributed by atoms with van der Waals surface area (Å²) in [5.41, 5.74) is 3.34. The molecule has 8 nitrogen and oxygen atoms in total. The van der Waals surface area contributed by atoms with Crippen molar-refractivity contribution in [1.82, 2.24) is 15.0 Å². The molecular formula is C19H13N5O3. The Hall–Kier alpha value is -4.07. The van der Waals surface area contributed by atoms with E-state index in [-0.39, 0.29) is 11.6 Å². The number of carbonyl (C=O) groups excluding carboxylic acids is 1. The number of aromatic nitrogens is 3. The first kappa shape index (κ1) is 16.4. The molecule has 1 amide bonds. The first-order valence-electron chi connectivity index (χ1n) is 8.06. The topological polar surface area (TPSA) is 114 Å². The lowest BCUT2D eigenvalue weighted by molar-refractivity contribution is -0.384. The molecule has 8 heteroatoms. The number of pyridine rings is 1. The van der Waals surface area contributed by atoms with Gasteiger partial charge >= 0.3 is 0 Å². The molecular weight excluding hydrogens is 346 g/mol. The van der Waals surface area contributed by atoms with E-state index in [4.69, 9.17) is 0 Å². The van der Waals surface area contributed by atoms with E-state index in [9.17, 15) is 14.9 Å². The van der Waals surface area contributed by atoms with E-state index in [1.165, 1.54) is 24.3 Å². The Bertz CT molecular complexity index is 1140. The van der Waals surface area contributed by atoms with Crippen molar-refractivity contribution in [2.75, 3.05) is 5.32 Å². The maximum absolute atomic E-state index is 12.3. The third-order valence-corrected chi connectivity index (χ3v) is 4.03. The molecule has 0 saturated heterocycles. The van der Waals surface area contributed by atoms with E-state index in [0.717, 1.165) is 16.6 Å². The number of amides is 1. The van der Waals surface area contributed by atoms with Gasteiger partial charge in [-0.2, -0.15) is 0 Å². The minimum absolute atomic E-state index is 0.0610. The number of imidazole rings is 1. The van der Waals surface area contributed by atoms with Crippen molar-refractivity contribution in [3.05, 3.63) is 82.7 Å². The van der Waals surface area contributed by atoms with Crippen LogP contribution in [0.3, 0.4) is 0 Å². The van der Waals surface area contributed by atoms with Crippen LogP contribution in [0, 0.1) is 10.1 Å². The van der Waals surface area contributed by atoms with Crippen molar-refractivity contribution < 1.29 is 9.72 Å². The molecule has 2 N–H and O–H groups in total. The summed E-state index contributed by atoms with van der Waals surface area (Å²) < 4.78 is 0. The van der Waals surface area contributed by atoms with Crippen LogP contribution in [0.25, 0.3) is 22.4 Å². The summed E-state index contributed by atoms with van der Waals surface area (Å²) in [7, 11) is 0. The number of rotatable bonds is 4. The molecule has 0 fully saturated rings. The lowest BCUT2D eigenvalue weighted by Crippen LogP contribution is -2.11. The van der Waals surface area contributed by atoms with Crippen LogP contribution in [-0.4, -0.2) is 25.8 Å². The molecule has 4 rings (SSSR count). The van der Waals surface area contributed by atoms with Crippen molar-refractivity contribution in [2.45, 2.75) is 0 Å². The number of non-ortho nitro benzene ring substituents is 1. The number of nitrogens with one attached hydrogen (secondary N) is 2. The highest BCUT2D eigenvalue weighted by molar-refractivity contribution is 6.05. The number of H-pyrrole nitrogens is 1. The molecule has 0 unspecified atom stereocenters. The van der Waals surface area contributed by atoms with Crippen LogP contribution in [0.5, 0.6) is 0 Å². The molecule has 0 aliphatic carbocycles. The summed E-state index contributed by atoms with van der Waals surface area (Å²) in [6.07, 6.45) is 3.39. The van der Waals surface area contributed by atoms with E-state index >= 15 is 0 Å². The maximum atomic E-state index is 12.3. The van der Waals surface area contributed by atoms with Gasteiger partial charge in [0.2, 0.25) is 0 Å². The first-order valence-corrected chi connectivity index (χ1v) is 8.06. The number of nitro benzene ring substituents is 1. The average molecular weight is 359 g/mol. The molecule has 2 heterocycles. The summed E-state index contributed by atoms with van der Waals surface area (Å²) in [5, 5.41) is 13.5. The Balaban J connectivity index is 1.57. The second kappa shape index (κ2) is 6.68. The fraction of sp³-hybridized carbons (Fsp3) is 0. The minimum Gasteiger partial charge on any atom is -0.338 e. The zero-order valence-corrected chi connectivity index (χ0v) is 13.9. The number of nitro groups is 1. The average Bonchev–Trinajstić information content (AvgIpc) is 3.12. The lowest BCUT2D eigenvalue weighted by Gasteiger charge is -2.05. The van der Waals surface area contributed by atoms with Gasteiger partial charge in [-0.3, -0.25) is 19.9 Å². The van der Waals surface area contributed by atoms with Gasteiger partial charge in [-0.1, -0.05) is 0 Å². The molecule has 0 saturated carbocycles. The summed E-state index contributed by atoms with van der Waals surface area (Å²) in [4.78, 5) is 34.3. The summed E-state index contributed by atoms with van der Waals surface area (Å²) >= 11 is 0. The molecule has 0 spiro atoms. The highest BCUT2D eigenvalue weighted by Crippen LogP contribution is 2.23. The van der Waals surface area contributed by atoms with Gasteiger partial charge in [-0.15, -0.1) is 0 Å². The number of fused-ring (bicyclic) bond motifs is 1. The van der Waals surface area contributed by atoms with Crippen molar-refractivity contribution in [1.29, 1.82) is 0 Å². The second-order valence-electron chi connectivity index (χ2n) is 5.81. The van der Waals surface area contributed by atoms with E-state index in [0.29, 0.717) is 17.1 Å². The smallest absolute Gasteiger partial charge is 0.269 e. The molecule has 0 radical (unpaired) electrons. The molecule has 0 aliphatic rings. The predicted octanol–water partition coefficient (Wildman–Crippen LogP) is 3.79. The van der Waals surface area contributed by atoms with E-state index in [2.05, 4.69) is 20.3 Å². The van der Waals surface area contributed by atoms with Crippen LogP contribution in [-0.2, 0) is 0 Å². The number of carbonyl (C=O) groups is 1. The van der Waals surface area contributed by atoms with Crippen molar-refractivity contribution in [3.63, 3.8) is 0 Å². The summed E-state index contributed by atoms with van der Waals surface area (Å²) in [6, 6.07) is 14.5. The number of nitrogens with zero attached hydrogens (tertiary/aromatic N) is 3. The van der Waals surface area contributed by atoms with Crippen LogP contribution in [0.15, 0.2) is 67.0 Å². The van der Waals surface area contributed by atoms with E-state index in [1.807, 2.05) is 18.2 Å². The van der Waals surface area contributed by atoms with Gasteiger partial charge in [0.1, 0.15) is 5.82 Å². The normalized spacial score (nSPS) is 10.7. The lowest BCUT2D eigenvalue weighted by atomic mass is 10.2. The molecule has 2 aromatic heterocycles. The zero-order valence-electron chi connectivity index (χ0n) is 13.9. The van der Waals surface area contributed by atoms with Crippen LogP contribution < -0.4 is 5.32 Å². The summed E-state index contributed by atoms with van der Waals surface area (Å²) in [5.74, 6) is 0.365. The van der Waals surface area contributed by atoms with Gasteiger partial charge in [0.15, 0.2) is 0 Å². The van der Waals surface area contributed by atoms with Gasteiger partial charge in [-0.05, 0) is 42.5 Å². The van der Waals surface area contributed by atoms with Crippen molar-refractivity contribution >= 4 is 28.3 Å². The Morgan fingerprint density at radius 1 is 1.04 bits per heavy atom. The fourth-order valence-corrected chi connectivity index (χ4v) is 2.67. The van der Waals surface area contributed by atoms with Gasteiger partial charge in [-0.25, -0.2) is 4.98 Å². The zero-order chi connectivity index (χ0) is 18.8. The Labute approximate surface area is 153 Å². The maximum Gasteiger partial charge on any atom is 0.269 e. The minimum atomic E-state index is -0.506. The quantitative estimate of drug-likeness (QED) is 0.425. The Morgan fingerprint density at radius 2 is 1.78 bits per heavy atom. The van der Waals surface area contributed by atoms with E-state index < -0.39 is 4.92 Å². The Kier molecular flexibility index (Phi) is 4.06. The molecule has 4 aromatic rings. The van der Waals surface area contributed by atoms with Crippen molar-refractivity contribution in [2.24, 2.45) is 0 Å². The largest absolute Gasteiger partial charge is 0.338 e. The highest BCUT2D eigenvalue weighted by atomic mass is 16.6. The van der Waals surface area contributed by atoms with Crippen LogP contribution in [0.4, 0.5) is 11.4 Å². The van der Waals surface area contributed by atoms with Gasteiger partial charge in [0.25, 0.3) is 11.6 Å². The molecule has 0 bridgehead atoms. The SMILES string of the molecule is O=C(Nc1ccc2nc(-c3ccncc3)[nH]c2c1)c1ccc([N+](=O)[O-])cc1. The number of hydrogen-bond acceptors (Lipinski definition) is 5. The van der Waals surface area contributed by atoms with E-state index in [1.54, 1.807) is 24.5 Å². The fourth-order valence-electron chi connectivity index (χ4n) is 2.67. The number of anilines is 1. The number of hydrogen-bond donors (Lipinski definition) is 2. The predicted molar refractivity (Wildman–Crippen MR) is 100 cm³/mol. The first-order chi connectivity index (χ1) is 13.1. The molecule has 27 heavy (non-hydrogen) atoms. The van der Waals surface area contributed by atoms with Gasteiger partial charge in [0.05, 0.1) is 16.0 Å². The molecule has 2 aromatic carbocycles. The molecule has 0 aliphatic heterocycles. The number of aromatic amines is 1. The van der Waals surface area contributed by atoms with Crippen LogP contribution >= 0.6 is 0 Å². The number of benzene rings is 2. The van der Waals surface area contributed by atoms with Gasteiger partial charge in [0, 0.05) is 41.3 Å².